The number of hydrogen-bond acceptors (Lipinski definition) is 25. The van der Waals surface area contributed by atoms with Crippen LogP contribution in [0.3, 0.4) is 0 Å². The average Bonchev–Trinajstić information content (AvgIpc) is 1.57. The van der Waals surface area contributed by atoms with Gasteiger partial charge in [-0.2, -0.15) is 31.6 Å². The fraction of sp³-hybridized carbons (Fsp3) is 0.337. The van der Waals surface area contributed by atoms with Gasteiger partial charge in [-0.05, 0) is 117 Å². The van der Waals surface area contributed by atoms with Crippen LogP contribution in [0, 0.1) is 17.1 Å². The number of halogens is 9. The standard InChI is InChI=1S/C23H22F4N4O5.C23H23F3N4O5.C23H24F2N4O5.C23H23N5O5/c1-35-19-11-17-16(10-18(19)30-4-6-36-12-20(30)33)28-22(31(17)3-2-5-32)29-21(34)13-7-14(23(25,26)27)9-15(24)8-13;1-34-19-12-17-16(11-18(19)29-7-9-35-13-20(29)32)27-22(30(17)6-3-8-31)28-21(33)14-4-2-5-15(10-14)23(24,25)26;1-33-19-12-17-16(11-18(19)28-7-9-34-13-20(28)31)26-23(29(17)6-3-8-30)27-22(32)15-5-2-4-14(10-15)21(24)25;1-32-20-12-18-17(11-19(20)27-7-9-33-14-21(27)30)25-23(28(18)6-3-8-29)26-22(31)16-5-2-4-15(10-16)13-24/h7-11,32H,2-6,12H2,1H3,(H,28,29,34);2,4-5,10-12,31H,3,6-9,13H2,1H3,(H,27,28,33);2,4-5,10-12,21,30H,3,6-9,13H2,1H3,(H,26,27,32);2,4-5,10-12,29H,3,6-9,14H2,1H3,(H,25,26,31). The molecule has 12 aromatic rings. The minimum atomic E-state index is -4.84. The number of nitriles is 1. The monoisotopic (exact) mass is 1930 g/mol. The number of carbonyl (C=O) groups excluding carboxylic acids is 8. The van der Waals surface area contributed by atoms with Crippen LogP contribution >= 0.6 is 0 Å². The smallest absolute Gasteiger partial charge is 0.416 e. The van der Waals surface area contributed by atoms with Gasteiger partial charge in [0.2, 0.25) is 23.8 Å². The van der Waals surface area contributed by atoms with E-state index < -0.39 is 64.9 Å². The molecule has 0 atom stereocenters. The van der Waals surface area contributed by atoms with Crippen molar-refractivity contribution in [1.29, 1.82) is 5.26 Å². The number of aliphatic hydroxyl groups excluding tert-OH is 4. The van der Waals surface area contributed by atoms with Crippen molar-refractivity contribution in [3.8, 4) is 29.1 Å². The third-order valence-corrected chi connectivity index (χ3v) is 22.0. The van der Waals surface area contributed by atoms with Crippen molar-refractivity contribution in [2.45, 2.75) is 70.6 Å². The van der Waals surface area contributed by atoms with Gasteiger partial charge in [0.05, 0.1) is 145 Å². The first-order valence-corrected chi connectivity index (χ1v) is 42.8. The molecule has 4 saturated heterocycles. The van der Waals surface area contributed by atoms with Crippen molar-refractivity contribution in [1.82, 2.24) is 38.2 Å². The first-order chi connectivity index (χ1) is 66.3. The Morgan fingerprint density at radius 2 is 0.703 bits per heavy atom. The molecule has 4 aliphatic rings. The lowest BCUT2D eigenvalue weighted by Crippen LogP contribution is -2.41. The molecule has 4 fully saturated rings. The summed E-state index contributed by atoms with van der Waals surface area (Å²) in [7, 11) is 5.90. The Labute approximate surface area is 778 Å². The second-order valence-electron chi connectivity index (χ2n) is 30.8. The van der Waals surface area contributed by atoms with Crippen LogP contribution < -0.4 is 59.8 Å². The first-order valence-electron chi connectivity index (χ1n) is 42.8. The molecule has 0 spiro atoms. The van der Waals surface area contributed by atoms with Gasteiger partial charge in [0, 0.05) is 131 Å². The summed E-state index contributed by atoms with van der Waals surface area (Å²) in [5, 5.41) is 56.9. The van der Waals surface area contributed by atoms with E-state index in [1.54, 1.807) is 94.8 Å². The van der Waals surface area contributed by atoms with Crippen LogP contribution in [-0.4, -0.2) is 240 Å². The molecule has 37 nitrogen and oxygen atoms in total. The summed E-state index contributed by atoms with van der Waals surface area (Å²) in [6.45, 7) is 3.42. The minimum Gasteiger partial charge on any atom is -0.494 e. The normalized spacial score (nSPS) is 14.2. The van der Waals surface area contributed by atoms with Crippen LogP contribution in [0.25, 0.3) is 44.1 Å². The number of fused-ring (bicyclic) bond motifs is 4. The highest BCUT2D eigenvalue weighted by Gasteiger charge is 2.36. The Hall–Kier alpha value is -14.9. The van der Waals surface area contributed by atoms with E-state index in [1.165, 1.54) is 68.6 Å². The summed E-state index contributed by atoms with van der Waals surface area (Å²) < 4.78 is 168. The quantitative estimate of drug-likeness (QED) is 0.0202. The van der Waals surface area contributed by atoms with Crippen LogP contribution in [0.5, 0.6) is 23.0 Å². The van der Waals surface area contributed by atoms with Crippen molar-refractivity contribution in [2.75, 3.05) is 175 Å². The van der Waals surface area contributed by atoms with Gasteiger partial charge in [0.1, 0.15) is 55.2 Å². The van der Waals surface area contributed by atoms with Gasteiger partial charge in [0.15, 0.2) is 0 Å². The highest BCUT2D eigenvalue weighted by molar-refractivity contribution is 6.09. The van der Waals surface area contributed by atoms with Crippen LogP contribution in [0.4, 0.5) is 86.1 Å². The van der Waals surface area contributed by atoms with Crippen molar-refractivity contribution in [3.63, 3.8) is 0 Å². The molecule has 4 aliphatic heterocycles. The molecule has 728 valence electrons. The van der Waals surface area contributed by atoms with E-state index in [1.807, 2.05) is 6.07 Å². The molecule has 8 heterocycles. The van der Waals surface area contributed by atoms with Crippen molar-refractivity contribution in [3.05, 3.63) is 190 Å². The highest BCUT2D eigenvalue weighted by Crippen LogP contribution is 2.42. The molecule has 16 rings (SSSR count). The fourth-order valence-corrected chi connectivity index (χ4v) is 15.3. The van der Waals surface area contributed by atoms with E-state index in [0.717, 1.165) is 24.3 Å². The lowest BCUT2D eigenvalue weighted by atomic mass is 10.1. The molecule has 0 unspecified atom stereocenters. The van der Waals surface area contributed by atoms with Crippen molar-refractivity contribution >= 4 is 138 Å². The molecule has 0 radical (unpaired) electrons. The molecular weight excluding hydrogens is 1830 g/mol. The lowest BCUT2D eigenvalue weighted by Gasteiger charge is -2.28. The third kappa shape index (κ3) is 23.4. The maximum atomic E-state index is 13.8. The number of rotatable bonds is 29. The van der Waals surface area contributed by atoms with Crippen molar-refractivity contribution in [2.24, 2.45) is 0 Å². The van der Waals surface area contributed by atoms with Crippen LogP contribution in [0.1, 0.15) is 95.8 Å². The lowest BCUT2D eigenvalue weighted by molar-refractivity contribution is -0.138. The predicted octanol–water partition coefficient (Wildman–Crippen LogP) is 11.2. The number of morpholine rings is 4. The predicted molar refractivity (Wildman–Crippen MR) is 482 cm³/mol. The fourth-order valence-electron chi connectivity index (χ4n) is 15.3. The van der Waals surface area contributed by atoms with E-state index in [0.29, 0.717) is 204 Å². The highest BCUT2D eigenvalue weighted by atomic mass is 19.4. The number of amides is 8. The molecule has 8 amide bonds. The number of aryl methyl sites for hydroxylation is 4. The van der Waals surface area contributed by atoms with Crippen LogP contribution in [-0.2, 0) is 76.7 Å². The minimum absolute atomic E-state index is 0.00476. The summed E-state index contributed by atoms with van der Waals surface area (Å²) in [6, 6.07) is 32.6. The van der Waals surface area contributed by atoms with E-state index in [9.17, 15) is 98.3 Å². The number of nitrogens with one attached hydrogen (secondary N) is 4. The van der Waals surface area contributed by atoms with E-state index in [4.69, 9.17) is 43.2 Å². The number of ether oxygens (including phenoxy) is 8. The Morgan fingerprint density at radius 1 is 0.406 bits per heavy atom. The van der Waals surface area contributed by atoms with Gasteiger partial charge in [-0.15, -0.1) is 0 Å². The van der Waals surface area contributed by atoms with Crippen LogP contribution in [0.15, 0.2) is 140 Å². The van der Waals surface area contributed by atoms with Gasteiger partial charge in [0.25, 0.3) is 53.7 Å². The van der Waals surface area contributed by atoms with E-state index in [2.05, 4.69) is 41.2 Å². The third-order valence-electron chi connectivity index (χ3n) is 22.0. The second-order valence-corrected chi connectivity index (χ2v) is 30.8. The number of aliphatic hydroxyl groups is 4. The molecule has 138 heavy (non-hydrogen) atoms. The summed E-state index contributed by atoms with van der Waals surface area (Å²) in [5.41, 5.74) is 3.73. The zero-order valence-electron chi connectivity index (χ0n) is 74.4. The molecule has 4 aromatic heterocycles. The van der Waals surface area contributed by atoms with Gasteiger partial charge in [-0.25, -0.2) is 33.1 Å². The van der Waals surface area contributed by atoms with Gasteiger partial charge in [-0.1, -0.05) is 24.3 Å². The number of aromatic nitrogens is 8. The Morgan fingerprint density at radius 3 is 1.00 bits per heavy atom. The molecule has 0 saturated carbocycles. The maximum absolute atomic E-state index is 13.8. The van der Waals surface area contributed by atoms with E-state index in [-0.39, 0.29) is 137 Å². The number of anilines is 8. The molecule has 46 heteroatoms. The summed E-state index contributed by atoms with van der Waals surface area (Å²) in [5.74, 6) is -2.71. The zero-order valence-corrected chi connectivity index (χ0v) is 74.4. The number of benzene rings is 8. The largest absolute Gasteiger partial charge is 0.494 e. The maximum Gasteiger partial charge on any atom is 0.416 e. The molecule has 0 bridgehead atoms. The second kappa shape index (κ2) is 45.2. The summed E-state index contributed by atoms with van der Waals surface area (Å²) in [6.07, 6.45) is -10.7. The number of methoxy groups -OCH3 is 4. The molecular formula is C92H92F9N17O20. The number of imidazole rings is 4. The Bertz CT molecular complexity index is 6580. The summed E-state index contributed by atoms with van der Waals surface area (Å²) in [4.78, 5) is 125. The Kier molecular flexibility index (Phi) is 32.9. The first kappa shape index (κ1) is 101. The van der Waals surface area contributed by atoms with Crippen LogP contribution in [0.2, 0.25) is 0 Å². The zero-order chi connectivity index (χ0) is 98.8. The SMILES string of the molecule is COc1cc2c(cc1N1CCOCC1=O)nc(NC(=O)c1cc(F)cc(C(F)(F)F)c1)n2CCCO.COc1cc2c(cc1N1CCOCC1=O)nc(NC(=O)c1cccc(C#N)c1)n2CCCO.COc1cc2c(cc1N1CCOCC1=O)nc(NC(=O)c1cccc(C(F)(F)F)c1)n2CCCO.COc1cc2c(cc1N1CCOCC1=O)nc(NC(=O)c1cccc(C(F)F)c1)n2CCCO. The number of carbonyl (C=O) groups is 8. The Balaban J connectivity index is 0.000000155. The molecule has 0 aliphatic carbocycles. The number of nitrogens with zero attached hydrogens (tertiary/aromatic N) is 13. The molecule has 8 aromatic carbocycles. The number of hydrogen-bond donors (Lipinski definition) is 8. The average molecular weight is 1930 g/mol. The topological polar surface area (TPSA) is 447 Å². The van der Waals surface area contributed by atoms with Crippen molar-refractivity contribution < 1.29 is 136 Å². The van der Waals surface area contributed by atoms with Gasteiger partial charge in [-0.3, -0.25) is 59.6 Å². The summed E-state index contributed by atoms with van der Waals surface area (Å²) >= 11 is 0. The molecule has 8 N–H and O–H groups in total. The van der Waals surface area contributed by atoms with E-state index >= 15 is 0 Å². The van der Waals surface area contributed by atoms with Gasteiger partial charge < -0.3 is 96.2 Å². The van der Waals surface area contributed by atoms with Gasteiger partial charge >= 0.3 is 12.4 Å². The number of alkyl halides is 8.